The molecule has 1 aromatic heterocycles. The van der Waals surface area contributed by atoms with E-state index >= 15 is 0 Å². The van der Waals surface area contributed by atoms with Crippen LogP contribution in [0, 0.1) is 0 Å². The Morgan fingerprint density at radius 2 is 1.57 bits per heavy atom. The lowest BCUT2D eigenvalue weighted by atomic mass is 10.0. The summed E-state index contributed by atoms with van der Waals surface area (Å²) in [6, 6.07) is 11.7. The first-order chi connectivity index (χ1) is 11.1. The first-order valence-corrected chi connectivity index (χ1v) is 7.26. The van der Waals surface area contributed by atoms with Gasteiger partial charge in [-0.05, 0) is 6.92 Å². The van der Waals surface area contributed by atoms with Crippen molar-refractivity contribution in [1.82, 2.24) is 10.6 Å². The third kappa shape index (κ3) is 4.74. The van der Waals surface area contributed by atoms with Crippen molar-refractivity contribution in [2.45, 2.75) is 13.5 Å². The highest BCUT2D eigenvalue weighted by Crippen LogP contribution is 2.07. The third-order valence-electron chi connectivity index (χ3n) is 3.11. The maximum atomic E-state index is 12.3. The fraction of sp³-hybridized carbons (Fsp3) is 0.176. The number of aromatic nitrogens is 1. The smallest absolute Gasteiger partial charge is 0.321 e. The van der Waals surface area contributed by atoms with Crippen LogP contribution in [0.3, 0.4) is 0 Å². The molecule has 2 N–H and O–H groups in total. The number of benzene rings is 1. The van der Waals surface area contributed by atoms with Gasteiger partial charge in [-0.2, -0.15) is 4.57 Å². The van der Waals surface area contributed by atoms with Crippen molar-refractivity contribution in [3.8, 4) is 0 Å². The molecule has 0 radical (unpaired) electrons. The fourth-order valence-corrected chi connectivity index (χ4v) is 2.01. The first-order valence-electron chi connectivity index (χ1n) is 7.26. The van der Waals surface area contributed by atoms with E-state index < -0.39 is 11.9 Å². The lowest BCUT2D eigenvalue weighted by Crippen LogP contribution is -2.47. The van der Waals surface area contributed by atoms with E-state index in [0.717, 1.165) is 0 Å². The van der Waals surface area contributed by atoms with E-state index in [1.165, 1.54) is 0 Å². The first kappa shape index (κ1) is 16.4. The molecule has 2 aromatic rings. The number of urea groups is 1. The Hall–Kier alpha value is -3.02. The molecule has 0 bridgehead atoms. The minimum atomic E-state index is -0.519. The van der Waals surface area contributed by atoms with Gasteiger partial charge in [0.25, 0.3) is 5.91 Å². The van der Waals surface area contributed by atoms with Crippen molar-refractivity contribution in [2.24, 2.45) is 0 Å². The lowest BCUT2D eigenvalue weighted by Gasteiger charge is -2.03. The van der Waals surface area contributed by atoms with Crippen LogP contribution in [0.4, 0.5) is 4.79 Å². The standard InChI is InChI=1S/C17H17N3O3/c1-2-18-17(23)19-15(21)12-20-10-8-14(9-11-20)16(22)13-6-4-3-5-7-13/h3-11H,2,12H2,1H3,(H-,18,19,21,23)/p+1. The van der Waals surface area contributed by atoms with Gasteiger partial charge >= 0.3 is 6.03 Å². The molecule has 0 spiro atoms. The van der Waals surface area contributed by atoms with Gasteiger partial charge in [0.1, 0.15) is 0 Å². The number of nitrogens with one attached hydrogen (secondary N) is 2. The number of hydrogen-bond acceptors (Lipinski definition) is 3. The third-order valence-corrected chi connectivity index (χ3v) is 3.11. The molecule has 0 saturated carbocycles. The molecule has 6 nitrogen and oxygen atoms in total. The summed E-state index contributed by atoms with van der Waals surface area (Å²) in [4.78, 5) is 35.2. The number of hydrogen-bond donors (Lipinski definition) is 2. The molecule has 0 aliphatic rings. The second kappa shape index (κ2) is 7.84. The SMILES string of the molecule is CCNC(=O)NC(=O)C[n+]1ccc(C(=O)c2ccccc2)cc1. The maximum Gasteiger partial charge on any atom is 0.321 e. The minimum Gasteiger partial charge on any atom is -0.338 e. The van der Waals surface area contributed by atoms with E-state index in [-0.39, 0.29) is 12.3 Å². The highest BCUT2D eigenvalue weighted by molar-refractivity contribution is 6.08. The molecule has 0 aliphatic heterocycles. The number of amides is 3. The molecular formula is C17H18N3O3+. The molecule has 2 rings (SSSR count). The molecule has 0 unspecified atom stereocenters. The molecule has 0 atom stereocenters. The van der Waals surface area contributed by atoms with E-state index in [9.17, 15) is 14.4 Å². The summed E-state index contributed by atoms with van der Waals surface area (Å²) in [5.74, 6) is -0.507. The van der Waals surface area contributed by atoms with Gasteiger partial charge in [0.05, 0.1) is 0 Å². The monoisotopic (exact) mass is 312 g/mol. The average Bonchev–Trinajstić information content (AvgIpc) is 2.56. The summed E-state index contributed by atoms with van der Waals surface area (Å²) in [5, 5.41) is 4.70. The van der Waals surface area contributed by atoms with E-state index in [0.29, 0.717) is 17.7 Å². The van der Waals surface area contributed by atoms with Gasteiger partial charge < -0.3 is 5.32 Å². The number of imide groups is 1. The highest BCUT2D eigenvalue weighted by Gasteiger charge is 2.14. The zero-order valence-electron chi connectivity index (χ0n) is 12.8. The molecule has 1 aromatic carbocycles. The summed E-state index contributed by atoms with van der Waals surface area (Å²) in [6.45, 7) is 2.21. The molecular weight excluding hydrogens is 294 g/mol. The van der Waals surface area contributed by atoms with Crippen LogP contribution in [0.15, 0.2) is 54.9 Å². The molecule has 0 saturated heterocycles. The Labute approximate surface area is 134 Å². The molecule has 0 aliphatic carbocycles. The Bertz CT molecular complexity index is 697. The number of rotatable bonds is 5. The quantitative estimate of drug-likeness (QED) is 0.640. The predicted molar refractivity (Wildman–Crippen MR) is 83.7 cm³/mol. The summed E-state index contributed by atoms with van der Waals surface area (Å²) in [5.41, 5.74) is 1.15. The summed E-state index contributed by atoms with van der Waals surface area (Å²) >= 11 is 0. The average molecular weight is 312 g/mol. The largest absolute Gasteiger partial charge is 0.338 e. The minimum absolute atomic E-state index is 0.00303. The van der Waals surface area contributed by atoms with Gasteiger partial charge in [0.15, 0.2) is 18.2 Å². The Balaban J connectivity index is 1.98. The molecule has 1 heterocycles. The second-order valence-electron chi connectivity index (χ2n) is 4.86. The Kier molecular flexibility index (Phi) is 5.57. The summed E-state index contributed by atoms with van der Waals surface area (Å²) < 4.78 is 1.59. The van der Waals surface area contributed by atoms with Gasteiger partial charge in [0.2, 0.25) is 6.54 Å². The number of ketones is 1. The van der Waals surface area contributed by atoms with Crippen LogP contribution in [0.1, 0.15) is 22.8 Å². The van der Waals surface area contributed by atoms with Crippen LogP contribution in [0.5, 0.6) is 0 Å². The summed E-state index contributed by atoms with van der Waals surface area (Å²) in [7, 11) is 0. The zero-order chi connectivity index (χ0) is 16.7. The van der Waals surface area contributed by atoms with Crippen LogP contribution in [0.2, 0.25) is 0 Å². The number of nitrogens with zero attached hydrogens (tertiary/aromatic N) is 1. The topological polar surface area (TPSA) is 79.2 Å². The van der Waals surface area contributed by atoms with Gasteiger partial charge in [-0.3, -0.25) is 14.9 Å². The molecule has 0 fully saturated rings. The number of carbonyl (C=O) groups is 3. The van der Waals surface area contributed by atoms with Crippen LogP contribution >= 0.6 is 0 Å². The second-order valence-corrected chi connectivity index (χ2v) is 4.86. The van der Waals surface area contributed by atoms with Crippen molar-refractivity contribution < 1.29 is 19.0 Å². The van der Waals surface area contributed by atoms with Crippen molar-refractivity contribution in [2.75, 3.05) is 6.54 Å². The van der Waals surface area contributed by atoms with E-state index in [1.807, 2.05) is 18.2 Å². The van der Waals surface area contributed by atoms with Crippen LogP contribution in [-0.2, 0) is 11.3 Å². The molecule has 3 amide bonds. The lowest BCUT2D eigenvalue weighted by molar-refractivity contribution is -0.684. The number of pyridine rings is 1. The van der Waals surface area contributed by atoms with E-state index in [1.54, 1.807) is 48.1 Å². The fourth-order valence-electron chi connectivity index (χ4n) is 2.01. The van der Waals surface area contributed by atoms with Crippen molar-refractivity contribution in [1.29, 1.82) is 0 Å². The highest BCUT2D eigenvalue weighted by atomic mass is 16.2. The predicted octanol–water partition coefficient (Wildman–Crippen LogP) is 1.05. The normalized spacial score (nSPS) is 9.96. The molecule has 23 heavy (non-hydrogen) atoms. The van der Waals surface area contributed by atoms with E-state index in [2.05, 4.69) is 10.6 Å². The van der Waals surface area contributed by atoms with Crippen molar-refractivity contribution in [3.05, 3.63) is 66.0 Å². The Morgan fingerprint density at radius 3 is 2.17 bits per heavy atom. The maximum absolute atomic E-state index is 12.3. The number of carbonyl (C=O) groups excluding carboxylic acids is 3. The zero-order valence-corrected chi connectivity index (χ0v) is 12.8. The van der Waals surface area contributed by atoms with Gasteiger partial charge in [-0.25, -0.2) is 4.79 Å². The molecule has 6 heteroatoms. The van der Waals surface area contributed by atoms with Gasteiger partial charge in [-0.1, -0.05) is 30.3 Å². The van der Waals surface area contributed by atoms with Gasteiger partial charge in [-0.15, -0.1) is 0 Å². The Morgan fingerprint density at radius 1 is 0.957 bits per heavy atom. The van der Waals surface area contributed by atoms with Gasteiger partial charge in [0, 0.05) is 29.8 Å². The van der Waals surface area contributed by atoms with Crippen molar-refractivity contribution in [3.63, 3.8) is 0 Å². The summed E-state index contributed by atoms with van der Waals surface area (Å²) in [6.07, 6.45) is 3.26. The van der Waals surface area contributed by atoms with E-state index in [4.69, 9.17) is 0 Å². The molecule has 118 valence electrons. The van der Waals surface area contributed by atoms with Crippen LogP contribution in [-0.4, -0.2) is 24.3 Å². The van der Waals surface area contributed by atoms with Crippen LogP contribution in [0.25, 0.3) is 0 Å². The van der Waals surface area contributed by atoms with Crippen LogP contribution < -0.4 is 15.2 Å². The van der Waals surface area contributed by atoms with Crippen molar-refractivity contribution >= 4 is 17.7 Å².